The van der Waals surface area contributed by atoms with Crippen molar-refractivity contribution in [2.24, 2.45) is 7.05 Å². The van der Waals surface area contributed by atoms with Crippen molar-refractivity contribution in [1.82, 2.24) is 9.78 Å². The second-order valence-electron chi connectivity index (χ2n) is 4.76. The zero-order valence-corrected chi connectivity index (χ0v) is 13.1. The summed E-state index contributed by atoms with van der Waals surface area (Å²) < 4.78 is 3.27. The van der Waals surface area contributed by atoms with E-state index in [0.717, 1.165) is 17.4 Å². The van der Waals surface area contributed by atoms with Crippen LogP contribution in [0.4, 0.5) is 0 Å². The molecule has 0 aliphatic heterocycles. The molecule has 1 aromatic heterocycles. The Kier molecular flexibility index (Phi) is 4.97. The molecular formula is C13H21BrN2S. The van der Waals surface area contributed by atoms with Crippen molar-refractivity contribution >= 4 is 27.7 Å². The maximum Gasteiger partial charge on any atom is 0.0767 e. The summed E-state index contributed by atoms with van der Waals surface area (Å²) in [6.07, 6.45) is 8.09. The molecule has 0 unspecified atom stereocenters. The van der Waals surface area contributed by atoms with Crippen molar-refractivity contribution in [3.8, 4) is 0 Å². The average molecular weight is 317 g/mol. The summed E-state index contributed by atoms with van der Waals surface area (Å²) in [5.41, 5.74) is 2.53. The van der Waals surface area contributed by atoms with E-state index >= 15 is 0 Å². The van der Waals surface area contributed by atoms with Crippen LogP contribution in [-0.2, 0) is 19.2 Å². The van der Waals surface area contributed by atoms with Crippen LogP contribution in [0.15, 0.2) is 4.47 Å². The minimum atomic E-state index is 0.871. The Hall–Kier alpha value is 0.0400. The Labute approximate surface area is 117 Å². The molecule has 1 saturated carbocycles. The molecule has 0 amide bonds. The molecular weight excluding hydrogens is 296 g/mol. The molecule has 0 spiro atoms. The maximum absolute atomic E-state index is 4.55. The monoisotopic (exact) mass is 316 g/mol. The van der Waals surface area contributed by atoms with Gasteiger partial charge in [-0.1, -0.05) is 26.2 Å². The molecule has 2 nitrogen and oxygen atoms in total. The first kappa shape index (κ1) is 13.5. The van der Waals surface area contributed by atoms with Crippen LogP contribution in [0.1, 0.15) is 50.4 Å². The van der Waals surface area contributed by atoms with Gasteiger partial charge in [-0.2, -0.15) is 16.9 Å². The number of aryl methyl sites for hydroxylation is 2. The first-order valence-electron chi connectivity index (χ1n) is 6.54. The predicted molar refractivity (Wildman–Crippen MR) is 78.5 cm³/mol. The summed E-state index contributed by atoms with van der Waals surface area (Å²) in [5.74, 6) is 1.09. The van der Waals surface area contributed by atoms with Crippen molar-refractivity contribution < 1.29 is 0 Å². The van der Waals surface area contributed by atoms with E-state index in [-0.39, 0.29) is 0 Å². The van der Waals surface area contributed by atoms with Crippen LogP contribution in [0.5, 0.6) is 0 Å². The standard InChI is InChI=1S/C13H21BrN2S/c1-3-11-13(14)12(16(2)15-11)9-17-10-7-5-4-6-8-10/h10H,3-9H2,1-2H3. The lowest BCUT2D eigenvalue weighted by Gasteiger charge is -2.20. The molecule has 1 aromatic rings. The van der Waals surface area contributed by atoms with Crippen LogP contribution in [0.25, 0.3) is 0 Å². The van der Waals surface area contributed by atoms with Crippen LogP contribution in [0.2, 0.25) is 0 Å². The molecule has 0 saturated heterocycles. The number of hydrogen-bond acceptors (Lipinski definition) is 2. The van der Waals surface area contributed by atoms with Gasteiger partial charge in [0.05, 0.1) is 15.9 Å². The third-order valence-electron chi connectivity index (χ3n) is 3.51. The van der Waals surface area contributed by atoms with Gasteiger partial charge in [0.25, 0.3) is 0 Å². The van der Waals surface area contributed by atoms with Gasteiger partial charge in [-0.25, -0.2) is 0 Å². The molecule has 0 N–H and O–H groups in total. The van der Waals surface area contributed by atoms with Crippen molar-refractivity contribution in [2.75, 3.05) is 0 Å². The Morgan fingerprint density at radius 3 is 2.65 bits per heavy atom. The molecule has 17 heavy (non-hydrogen) atoms. The summed E-state index contributed by atoms with van der Waals surface area (Å²) >= 11 is 5.80. The second kappa shape index (κ2) is 6.28. The molecule has 4 heteroatoms. The van der Waals surface area contributed by atoms with Crippen LogP contribution < -0.4 is 0 Å². The highest BCUT2D eigenvalue weighted by atomic mass is 79.9. The fraction of sp³-hybridized carbons (Fsp3) is 0.769. The van der Waals surface area contributed by atoms with E-state index in [1.54, 1.807) is 0 Å². The highest BCUT2D eigenvalue weighted by Crippen LogP contribution is 2.33. The molecule has 0 bridgehead atoms. The van der Waals surface area contributed by atoms with Gasteiger partial charge in [-0.3, -0.25) is 4.68 Å². The van der Waals surface area contributed by atoms with Crippen molar-refractivity contribution in [1.29, 1.82) is 0 Å². The Bertz CT molecular complexity index is 370. The number of halogens is 1. The number of aromatic nitrogens is 2. The topological polar surface area (TPSA) is 17.8 Å². The molecule has 96 valence electrons. The smallest absolute Gasteiger partial charge is 0.0767 e. The van der Waals surface area contributed by atoms with Crippen LogP contribution in [0.3, 0.4) is 0 Å². The quantitative estimate of drug-likeness (QED) is 0.823. The van der Waals surface area contributed by atoms with Crippen molar-refractivity contribution in [2.45, 2.75) is 56.5 Å². The highest BCUT2D eigenvalue weighted by molar-refractivity contribution is 9.10. The normalized spacial score (nSPS) is 17.6. The average Bonchev–Trinajstić information content (AvgIpc) is 2.63. The van der Waals surface area contributed by atoms with Gasteiger partial charge in [0.15, 0.2) is 0 Å². The summed E-state index contributed by atoms with van der Waals surface area (Å²) in [7, 11) is 2.06. The lowest BCUT2D eigenvalue weighted by molar-refractivity contribution is 0.516. The van der Waals surface area contributed by atoms with Crippen molar-refractivity contribution in [3.63, 3.8) is 0 Å². The van der Waals surface area contributed by atoms with E-state index < -0.39 is 0 Å². The number of rotatable bonds is 4. The lowest BCUT2D eigenvalue weighted by atomic mass is 10.0. The van der Waals surface area contributed by atoms with Gasteiger partial charge in [0.2, 0.25) is 0 Å². The van der Waals surface area contributed by atoms with Gasteiger partial charge in [-0.15, -0.1) is 0 Å². The number of thioether (sulfide) groups is 1. The summed E-state index contributed by atoms with van der Waals surface area (Å²) in [6, 6.07) is 0. The predicted octanol–water partition coefficient (Wildman–Crippen LogP) is 4.31. The SMILES string of the molecule is CCc1nn(C)c(CSC2CCCCC2)c1Br. The second-order valence-corrected chi connectivity index (χ2v) is 6.84. The molecule has 1 heterocycles. The lowest BCUT2D eigenvalue weighted by Crippen LogP contribution is -2.09. The summed E-state index contributed by atoms with van der Waals surface area (Å²) in [6.45, 7) is 2.16. The van der Waals surface area contributed by atoms with E-state index in [0.29, 0.717) is 0 Å². The molecule has 1 fully saturated rings. The highest BCUT2D eigenvalue weighted by Gasteiger charge is 2.17. The third-order valence-corrected chi connectivity index (χ3v) is 5.81. The molecule has 0 radical (unpaired) electrons. The molecule has 0 atom stereocenters. The Morgan fingerprint density at radius 1 is 1.35 bits per heavy atom. The number of hydrogen-bond donors (Lipinski definition) is 0. The van der Waals surface area contributed by atoms with Gasteiger partial charge < -0.3 is 0 Å². The molecule has 2 rings (SSSR count). The molecule has 1 aliphatic rings. The number of nitrogens with zero attached hydrogens (tertiary/aromatic N) is 2. The largest absolute Gasteiger partial charge is 0.270 e. The van der Waals surface area contributed by atoms with E-state index in [9.17, 15) is 0 Å². The third kappa shape index (κ3) is 3.28. The van der Waals surface area contributed by atoms with E-state index in [4.69, 9.17) is 0 Å². The van der Waals surface area contributed by atoms with E-state index in [2.05, 4.69) is 46.8 Å². The van der Waals surface area contributed by atoms with Gasteiger partial charge in [0, 0.05) is 18.1 Å². The van der Waals surface area contributed by atoms with Gasteiger partial charge in [0.1, 0.15) is 0 Å². The fourth-order valence-corrected chi connectivity index (χ4v) is 4.74. The minimum absolute atomic E-state index is 0.871. The summed E-state index contributed by atoms with van der Waals surface area (Å²) in [4.78, 5) is 0. The first-order valence-corrected chi connectivity index (χ1v) is 8.38. The van der Waals surface area contributed by atoms with Crippen LogP contribution >= 0.6 is 27.7 Å². The van der Waals surface area contributed by atoms with E-state index in [1.165, 1.54) is 48.0 Å². The molecule has 1 aliphatic carbocycles. The van der Waals surface area contributed by atoms with Gasteiger partial charge in [-0.05, 0) is 35.2 Å². The van der Waals surface area contributed by atoms with E-state index in [1.807, 2.05) is 4.68 Å². The Morgan fingerprint density at radius 2 is 2.06 bits per heavy atom. The van der Waals surface area contributed by atoms with Crippen molar-refractivity contribution in [3.05, 3.63) is 15.9 Å². The minimum Gasteiger partial charge on any atom is -0.270 e. The summed E-state index contributed by atoms with van der Waals surface area (Å²) in [5, 5.41) is 5.42. The zero-order valence-electron chi connectivity index (χ0n) is 10.7. The molecule has 0 aromatic carbocycles. The fourth-order valence-electron chi connectivity index (χ4n) is 2.41. The zero-order chi connectivity index (χ0) is 12.3. The Balaban J connectivity index is 1.95. The van der Waals surface area contributed by atoms with Gasteiger partial charge >= 0.3 is 0 Å². The first-order chi connectivity index (χ1) is 8.22. The van der Waals surface area contributed by atoms with Crippen LogP contribution in [-0.4, -0.2) is 15.0 Å². The van der Waals surface area contributed by atoms with Crippen LogP contribution in [0, 0.1) is 0 Å². The maximum atomic E-state index is 4.55.